The Bertz CT molecular complexity index is 346. The van der Waals surface area contributed by atoms with Crippen LogP contribution in [0, 0.1) is 17.8 Å². The molecule has 19 heavy (non-hydrogen) atoms. The van der Waals surface area contributed by atoms with Gasteiger partial charge in [0, 0.05) is 12.6 Å². The van der Waals surface area contributed by atoms with E-state index in [4.69, 9.17) is 5.11 Å². The van der Waals surface area contributed by atoms with Gasteiger partial charge in [-0.1, -0.05) is 13.3 Å². The van der Waals surface area contributed by atoms with E-state index >= 15 is 0 Å². The van der Waals surface area contributed by atoms with Crippen molar-refractivity contribution in [2.45, 2.75) is 51.5 Å². The van der Waals surface area contributed by atoms with Crippen molar-refractivity contribution in [1.29, 1.82) is 0 Å². The van der Waals surface area contributed by atoms with Gasteiger partial charge in [0.05, 0.1) is 6.42 Å². The first kappa shape index (κ1) is 14.2. The predicted octanol–water partition coefficient (Wildman–Crippen LogP) is 1.98. The van der Waals surface area contributed by atoms with Gasteiger partial charge in [0.25, 0.3) is 0 Å². The van der Waals surface area contributed by atoms with Crippen LogP contribution in [0.1, 0.15) is 45.4 Å². The van der Waals surface area contributed by atoms with E-state index in [1.807, 2.05) is 6.92 Å². The average molecular weight is 268 g/mol. The molecule has 4 unspecified atom stereocenters. The molecule has 5 nitrogen and oxygen atoms in total. The van der Waals surface area contributed by atoms with E-state index in [9.17, 15) is 9.59 Å². The fourth-order valence-corrected chi connectivity index (χ4v) is 3.59. The normalized spacial score (nSPS) is 30.1. The summed E-state index contributed by atoms with van der Waals surface area (Å²) in [5.41, 5.74) is 0. The number of carbonyl (C=O) groups is 2. The van der Waals surface area contributed by atoms with Gasteiger partial charge in [0.15, 0.2) is 0 Å². The van der Waals surface area contributed by atoms with Crippen LogP contribution in [0.25, 0.3) is 0 Å². The third-order valence-electron chi connectivity index (χ3n) is 4.66. The lowest BCUT2D eigenvalue weighted by Crippen LogP contribution is -2.44. The second kappa shape index (κ2) is 6.26. The van der Waals surface area contributed by atoms with Crippen LogP contribution >= 0.6 is 0 Å². The summed E-state index contributed by atoms with van der Waals surface area (Å²) in [5.74, 6) is 1.44. The molecule has 0 aromatic carbocycles. The number of amides is 2. The number of hydrogen-bond donors (Lipinski definition) is 3. The van der Waals surface area contributed by atoms with E-state index in [-0.39, 0.29) is 18.5 Å². The van der Waals surface area contributed by atoms with Crippen molar-refractivity contribution in [1.82, 2.24) is 10.6 Å². The van der Waals surface area contributed by atoms with Crippen molar-refractivity contribution in [3.8, 4) is 0 Å². The van der Waals surface area contributed by atoms with Crippen LogP contribution in [0.15, 0.2) is 0 Å². The summed E-state index contributed by atoms with van der Waals surface area (Å²) in [6, 6.07) is -0.506. The molecule has 3 N–H and O–H groups in total. The Morgan fingerprint density at radius 1 is 1.32 bits per heavy atom. The third kappa shape index (κ3) is 3.85. The molecule has 4 atom stereocenters. The lowest BCUT2D eigenvalue weighted by Gasteiger charge is -2.23. The molecular formula is C14H24N2O3. The Balaban J connectivity index is 1.68. The minimum absolute atomic E-state index is 0.0158. The Hall–Kier alpha value is -1.26. The molecule has 5 heteroatoms. The molecule has 2 aliphatic rings. The number of aliphatic carboxylic acids is 1. The van der Waals surface area contributed by atoms with Crippen LogP contribution in [0.2, 0.25) is 0 Å². The van der Waals surface area contributed by atoms with Gasteiger partial charge in [-0.3, -0.25) is 4.79 Å². The van der Waals surface area contributed by atoms with Crippen molar-refractivity contribution in [3.63, 3.8) is 0 Å². The lowest BCUT2D eigenvalue weighted by molar-refractivity contribution is -0.137. The Morgan fingerprint density at radius 3 is 2.63 bits per heavy atom. The molecule has 2 bridgehead atoms. The molecule has 0 radical (unpaired) electrons. The van der Waals surface area contributed by atoms with Crippen molar-refractivity contribution in [2.75, 3.05) is 6.54 Å². The minimum atomic E-state index is -0.875. The molecule has 108 valence electrons. The van der Waals surface area contributed by atoms with Gasteiger partial charge < -0.3 is 15.7 Å². The maximum atomic E-state index is 11.7. The maximum Gasteiger partial charge on any atom is 0.315 e. The maximum absolute atomic E-state index is 11.7. The van der Waals surface area contributed by atoms with Crippen LogP contribution in [0.4, 0.5) is 4.79 Å². The molecule has 0 saturated heterocycles. The number of carboxylic acids is 1. The Kier molecular flexibility index (Phi) is 4.66. The number of hydrogen-bond acceptors (Lipinski definition) is 2. The van der Waals surface area contributed by atoms with E-state index < -0.39 is 5.97 Å². The Morgan fingerprint density at radius 2 is 2.11 bits per heavy atom. The fourth-order valence-electron chi connectivity index (χ4n) is 3.59. The summed E-state index contributed by atoms with van der Waals surface area (Å²) in [6.07, 6.45) is 5.88. The highest BCUT2D eigenvalue weighted by molar-refractivity contribution is 5.75. The highest BCUT2D eigenvalue weighted by Gasteiger charge is 2.39. The molecular weight excluding hydrogens is 244 g/mol. The molecule has 0 aromatic heterocycles. The molecule has 0 heterocycles. The van der Waals surface area contributed by atoms with Crippen molar-refractivity contribution >= 4 is 12.0 Å². The monoisotopic (exact) mass is 268 g/mol. The second-order valence-corrected chi connectivity index (χ2v) is 5.99. The largest absolute Gasteiger partial charge is 0.481 e. The smallest absolute Gasteiger partial charge is 0.315 e. The van der Waals surface area contributed by atoms with Crippen molar-refractivity contribution < 1.29 is 14.7 Å². The number of urea groups is 1. The summed E-state index contributed by atoms with van der Waals surface area (Å²) in [6.45, 7) is 2.61. The van der Waals surface area contributed by atoms with E-state index in [1.54, 1.807) is 0 Å². The first-order valence-electron chi connectivity index (χ1n) is 7.34. The van der Waals surface area contributed by atoms with Crippen LogP contribution in [-0.2, 0) is 4.79 Å². The van der Waals surface area contributed by atoms with Gasteiger partial charge in [-0.2, -0.15) is 0 Å². The summed E-state index contributed by atoms with van der Waals surface area (Å²) in [7, 11) is 0. The van der Waals surface area contributed by atoms with Crippen molar-refractivity contribution in [2.24, 2.45) is 17.8 Å². The number of fused-ring (bicyclic) bond motifs is 2. The van der Waals surface area contributed by atoms with Gasteiger partial charge in [0.2, 0.25) is 0 Å². The van der Waals surface area contributed by atoms with Crippen LogP contribution in [0.3, 0.4) is 0 Å². The standard InChI is InChI=1S/C14H24N2O3/c1-2-12(7-13(17)18)16-14(19)15-8-11-6-9-3-4-10(11)5-9/h9-12H,2-8H2,1H3,(H,17,18)(H2,15,16,19). The third-order valence-corrected chi connectivity index (χ3v) is 4.66. The molecule has 0 aromatic rings. The first-order valence-corrected chi connectivity index (χ1v) is 7.34. The highest BCUT2D eigenvalue weighted by Crippen LogP contribution is 2.47. The van der Waals surface area contributed by atoms with Crippen LogP contribution in [0.5, 0.6) is 0 Å². The number of carbonyl (C=O) groups excluding carboxylic acids is 1. The van der Waals surface area contributed by atoms with Gasteiger partial charge >= 0.3 is 12.0 Å². The lowest BCUT2D eigenvalue weighted by atomic mass is 9.89. The predicted molar refractivity (Wildman–Crippen MR) is 71.8 cm³/mol. The zero-order valence-corrected chi connectivity index (χ0v) is 11.5. The molecule has 2 fully saturated rings. The summed E-state index contributed by atoms with van der Waals surface area (Å²) in [4.78, 5) is 22.4. The summed E-state index contributed by atoms with van der Waals surface area (Å²) < 4.78 is 0. The zero-order valence-electron chi connectivity index (χ0n) is 11.5. The molecule has 0 spiro atoms. The van der Waals surface area contributed by atoms with E-state index in [1.165, 1.54) is 25.7 Å². The summed E-state index contributed by atoms with van der Waals surface area (Å²) in [5, 5.41) is 14.4. The molecule has 2 aliphatic carbocycles. The molecule has 0 aliphatic heterocycles. The quantitative estimate of drug-likeness (QED) is 0.689. The summed E-state index contributed by atoms with van der Waals surface area (Å²) >= 11 is 0. The SMILES string of the molecule is CCC(CC(=O)O)NC(=O)NCC1CC2CCC1C2. The average Bonchev–Trinajstić information content (AvgIpc) is 2.97. The van der Waals surface area contributed by atoms with Gasteiger partial charge in [-0.25, -0.2) is 4.79 Å². The van der Waals surface area contributed by atoms with Crippen LogP contribution in [-0.4, -0.2) is 29.7 Å². The molecule has 2 amide bonds. The number of rotatable bonds is 6. The minimum Gasteiger partial charge on any atom is -0.481 e. The number of nitrogens with one attached hydrogen (secondary N) is 2. The highest BCUT2D eigenvalue weighted by atomic mass is 16.4. The van der Waals surface area contributed by atoms with E-state index in [0.717, 1.165) is 18.4 Å². The van der Waals surface area contributed by atoms with Crippen molar-refractivity contribution in [3.05, 3.63) is 0 Å². The molecule has 2 saturated carbocycles. The van der Waals surface area contributed by atoms with Gasteiger partial charge in [-0.15, -0.1) is 0 Å². The van der Waals surface area contributed by atoms with E-state index in [2.05, 4.69) is 10.6 Å². The topological polar surface area (TPSA) is 78.4 Å². The number of carboxylic acid groups (broad SMARTS) is 1. The van der Waals surface area contributed by atoms with Crippen LogP contribution < -0.4 is 10.6 Å². The first-order chi connectivity index (χ1) is 9.08. The van der Waals surface area contributed by atoms with Gasteiger partial charge in [-0.05, 0) is 43.4 Å². The zero-order chi connectivity index (χ0) is 13.8. The second-order valence-electron chi connectivity index (χ2n) is 5.99. The molecule has 2 rings (SSSR count). The fraction of sp³-hybridized carbons (Fsp3) is 0.857. The van der Waals surface area contributed by atoms with Gasteiger partial charge in [0.1, 0.15) is 0 Å². The Labute approximate surface area is 114 Å². The van der Waals surface area contributed by atoms with E-state index in [0.29, 0.717) is 12.3 Å².